The average Bonchev–Trinajstić information content (AvgIpc) is 2.24. The van der Waals surface area contributed by atoms with Crippen molar-refractivity contribution >= 4 is 5.97 Å². The second kappa shape index (κ2) is 14.4. The summed E-state index contributed by atoms with van der Waals surface area (Å²) in [5.41, 5.74) is 0. The fraction of sp³-hybridized carbons (Fsp3) is 0.917. The van der Waals surface area contributed by atoms with Gasteiger partial charge in [-0.1, -0.05) is 45.4 Å². The Balaban J connectivity index is 0. The van der Waals surface area contributed by atoms with Crippen LogP contribution in [0.1, 0.15) is 58.8 Å². The molecule has 1 atom stereocenters. The molecule has 0 amide bonds. The summed E-state index contributed by atoms with van der Waals surface area (Å²) in [5.74, 6) is -1.10. The Morgan fingerprint density at radius 2 is 1.50 bits per heavy atom. The quantitative estimate of drug-likeness (QED) is 0.562. The van der Waals surface area contributed by atoms with E-state index in [1.807, 2.05) is 0 Å². The molecule has 0 aliphatic carbocycles. The van der Waals surface area contributed by atoms with E-state index in [2.05, 4.69) is 6.92 Å². The summed E-state index contributed by atoms with van der Waals surface area (Å²) in [4.78, 5) is 10.2. The lowest BCUT2D eigenvalue weighted by molar-refractivity contribution is -0.146. The fourth-order valence-corrected chi connectivity index (χ4v) is 1.24. The molecule has 0 spiro atoms. The minimum atomic E-state index is -1.16. The first-order valence-electron chi connectivity index (χ1n) is 6.11. The third kappa shape index (κ3) is 15.8. The van der Waals surface area contributed by atoms with Crippen molar-refractivity contribution in [1.29, 1.82) is 0 Å². The molecule has 0 rings (SSSR count). The van der Waals surface area contributed by atoms with Crippen LogP contribution in [-0.4, -0.2) is 34.0 Å². The molecule has 1 unspecified atom stereocenters. The van der Waals surface area contributed by atoms with Gasteiger partial charge in [-0.2, -0.15) is 0 Å². The number of unbranched alkanes of at least 4 members (excludes halogenated alkanes) is 5. The minimum Gasteiger partial charge on any atom is -0.479 e. The number of carboxylic acid groups (broad SMARTS) is 1. The van der Waals surface area contributed by atoms with Crippen molar-refractivity contribution in [3.63, 3.8) is 0 Å². The Labute approximate surface area is 98.3 Å². The molecule has 3 N–H and O–H groups in total. The van der Waals surface area contributed by atoms with E-state index in [4.69, 9.17) is 15.3 Å². The normalized spacial score (nSPS) is 11.5. The lowest BCUT2D eigenvalue weighted by atomic mass is 10.1. The van der Waals surface area contributed by atoms with Crippen molar-refractivity contribution in [3.05, 3.63) is 0 Å². The van der Waals surface area contributed by atoms with Gasteiger partial charge in [-0.15, -0.1) is 0 Å². The van der Waals surface area contributed by atoms with Crippen LogP contribution in [0, 0.1) is 0 Å². The van der Waals surface area contributed by atoms with Gasteiger partial charge in [-0.05, 0) is 13.3 Å². The predicted octanol–water partition coefficient (Wildman–Crippen LogP) is 2.18. The van der Waals surface area contributed by atoms with Gasteiger partial charge >= 0.3 is 5.97 Å². The van der Waals surface area contributed by atoms with Gasteiger partial charge in [0, 0.05) is 6.61 Å². The van der Waals surface area contributed by atoms with Crippen LogP contribution in [0.2, 0.25) is 0 Å². The van der Waals surface area contributed by atoms with Gasteiger partial charge in [0.05, 0.1) is 0 Å². The average molecular weight is 234 g/mol. The van der Waals surface area contributed by atoms with Crippen LogP contribution in [0.3, 0.4) is 0 Å². The van der Waals surface area contributed by atoms with E-state index < -0.39 is 12.1 Å². The Kier molecular flexibility index (Phi) is 16.0. The maximum Gasteiger partial charge on any atom is 0.332 e. The smallest absolute Gasteiger partial charge is 0.332 e. The Hall–Kier alpha value is -0.610. The molecular formula is C12H26O4. The largest absolute Gasteiger partial charge is 0.479 e. The van der Waals surface area contributed by atoms with Gasteiger partial charge in [0.25, 0.3) is 0 Å². The highest BCUT2D eigenvalue weighted by Crippen LogP contribution is 2.08. The summed E-state index contributed by atoms with van der Waals surface area (Å²) < 4.78 is 0. The van der Waals surface area contributed by atoms with Crippen LogP contribution in [0.5, 0.6) is 0 Å². The molecule has 0 aromatic rings. The monoisotopic (exact) mass is 234 g/mol. The van der Waals surface area contributed by atoms with Gasteiger partial charge in [-0.3, -0.25) is 0 Å². The number of aliphatic hydroxyl groups is 2. The van der Waals surface area contributed by atoms with Crippen molar-refractivity contribution in [2.24, 2.45) is 0 Å². The van der Waals surface area contributed by atoms with Gasteiger partial charge in [0.1, 0.15) is 0 Å². The first-order valence-corrected chi connectivity index (χ1v) is 6.11. The summed E-state index contributed by atoms with van der Waals surface area (Å²) in [6.45, 7) is 4.09. The maximum atomic E-state index is 10.2. The Morgan fingerprint density at radius 3 is 1.94 bits per heavy atom. The van der Waals surface area contributed by atoms with E-state index in [-0.39, 0.29) is 6.61 Å². The van der Waals surface area contributed by atoms with Crippen LogP contribution in [0.25, 0.3) is 0 Å². The molecule has 0 bridgehead atoms. The number of carbonyl (C=O) groups is 1. The predicted molar refractivity (Wildman–Crippen MR) is 64.4 cm³/mol. The number of hydrogen-bond acceptors (Lipinski definition) is 3. The first-order chi connectivity index (χ1) is 7.59. The molecule has 16 heavy (non-hydrogen) atoms. The van der Waals surface area contributed by atoms with Crippen LogP contribution < -0.4 is 0 Å². The second-order valence-electron chi connectivity index (χ2n) is 3.73. The molecule has 0 saturated heterocycles. The molecule has 0 aliphatic heterocycles. The maximum absolute atomic E-state index is 10.2. The zero-order valence-electron chi connectivity index (χ0n) is 10.5. The zero-order chi connectivity index (χ0) is 12.8. The molecule has 0 saturated carbocycles. The number of aliphatic carboxylic acids is 1. The Morgan fingerprint density at radius 1 is 1.06 bits per heavy atom. The van der Waals surface area contributed by atoms with E-state index in [1.165, 1.54) is 19.3 Å². The zero-order valence-corrected chi connectivity index (χ0v) is 10.5. The van der Waals surface area contributed by atoms with Gasteiger partial charge < -0.3 is 15.3 Å². The van der Waals surface area contributed by atoms with E-state index in [1.54, 1.807) is 6.92 Å². The van der Waals surface area contributed by atoms with Crippen molar-refractivity contribution in [1.82, 2.24) is 0 Å². The van der Waals surface area contributed by atoms with Gasteiger partial charge in [0.2, 0.25) is 0 Å². The number of aliphatic hydroxyl groups excluding tert-OH is 2. The SMILES string of the molecule is CCCCCCCCC(O)C(=O)O.CCO. The van der Waals surface area contributed by atoms with Crippen LogP contribution in [0.15, 0.2) is 0 Å². The lowest BCUT2D eigenvalue weighted by Crippen LogP contribution is -2.18. The van der Waals surface area contributed by atoms with Gasteiger partial charge in [-0.25, -0.2) is 4.79 Å². The number of rotatable bonds is 8. The van der Waals surface area contributed by atoms with Crippen molar-refractivity contribution in [2.75, 3.05) is 6.61 Å². The molecule has 98 valence electrons. The van der Waals surface area contributed by atoms with Crippen molar-refractivity contribution < 1.29 is 20.1 Å². The fourth-order valence-electron chi connectivity index (χ4n) is 1.24. The van der Waals surface area contributed by atoms with E-state index in [9.17, 15) is 4.79 Å². The number of hydrogen-bond donors (Lipinski definition) is 3. The molecule has 0 heterocycles. The van der Waals surface area contributed by atoms with E-state index in [0.717, 1.165) is 19.3 Å². The van der Waals surface area contributed by atoms with Crippen LogP contribution >= 0.6 is 0 Å². The first kappa shape index (κ1) is 17.8. The van der Waals surface area contributed by atoms with Crippen molar-refractivity contribution in [3.8, 4) is 0 Å². The van der Waals surface area contributed by atoms with Crippen LogP contribution in [-0.2, 0) is 4.79 Å². The third-order valence-corrected chi connectivity index (χ3v) is 2.12. The molecule has 0 aliphatic rings. The summed E-state index contributed by atoms with van der Waals surface area (Å²) >= 11 is 0. The molecule has 4 heteroatoms. The highest BCUT2D eigenvalue weighted by molar-refractivity contribution is 5.71. The summed E-state index contributed by atoms with van der Waals surface area (Å²) in [6.07, 6.45) is 5.92. The van der Waals surface area contributed by atoms with Crippen LogP contribution in [0.4, 0.5) is 0 Å². The summed E-state index contributed by atoms with van der Waals surface area (Å²) in [7, 11) is 0. The molecule has 0 radical (unpaired) electrons. The van der Waals surface area contributed by atoms with E-state index in [0.29, 0.717) is 6.42 Å². The summed E-state index contributed by atoms with van der Waals surface area (Å²) in [6, 6.07) is 0. The molecule has 0 fully saturated rings. The lowest BCUT2D eigenvalue weighted by Gasteiger charge is -2.04. The van der Waals surface area contributed by atoms with Gasteiger partial charge in [0.15, 0.2) is 6.10 Å². The standard InChI is InChI=1S/C10H20O3.C2H6O/c1-2-3-4-5-6-7-8-9(11)10(12)13;1-2-3/h9,11H,2-8H2,1H3,(H,12,13);3H,2H2,1H3. The second-order valence-corrected chi connectivity index (χ2v) is 3.73. The molecule has 0 aromatic carbocycles. The summed E-state index contributed by atoms with van der Waals surface area (Å²) in [5, 5.41) is 24.9. The topological polar surface area (TPSA) is 77.8 Å². The number of carboxylic acids is 1. The van der Waals surface area contributed by atoms with E-state index >= 15 is 0 Å². The highest BCUT2D eigenvalue weighted by atomic mass is 16.4. The highest BCUT2D eigenvalue weighted by Gasteiger charge is 2.11. The molecule has 4 nitrogen and oxygen atoms in total. The minimum absolute atomic E-state index is 0.250. The van der Waals surface area contributed by atoms with Crippen molar-refractivity contribution in [2.45, 2.75) is 64.9 Å². The Bertz CT molecular complexity index is 148. The molecule has 0 aromatic heterocycles. The molecular weight excluding hydrogens is 208 g/mol. The third-order valence-electron chi connectivity index (χ3n) is 2.12.